The van der Waals surface area contributed by atoms with Gasteiger partial charge in [0.1, 0.15) is 17.6 Å². The highest BCUT2D eigenvalue weighted by molar-refractivity contribution is 7.14. The first-order valence-electron chi connectivity index (χ1n) is 4.10. The fraction of sp³-hybridized carbons (Fsp3) is 0. The van der Waals surface area contributed by atoms with Gasteiger partial charge in [0.25, 0.3) is 0 Å². The summed E-state index contributed by atoms with van der Waals surface area (Å²) in [5.41, 5.74) is -0.345. The maximum atomic E-state index is 11.0. The van der Waals surface area contributed by atoms with Gasteiger partial charge >= 0.3 is 5.69 Å². The fourth-order valence-electron chi connectivity index (χ4n) is 1.06. The number of nitriles is 1. The van der Waals surface area contributed by atoms with Crippen molar-refractivity contribution in [2.45, 2.75) is 0 Å². The fourth-order valence-corrected chi connectivity index (χ4v) is 1.68. The van der Waals surface area contributed by atoms with Crippen LogP contribution in [-0.4, -0.2) is 9.97 Å². The molecule has 15 heavy (non-hydrogen) atoms. The van der Waals surface area contributed by atoms with Crippen LogP contribution in [0.4, 0.5) is 10.8 Å². The highest BCUT2D eigenvalue weighted by Gasteiger charge is 2.00. The Labute approximate surface area is 89.0 Å². The van der Waals surface area contributed by atoms with Crippen LogP contribution in [0.25, 0.3) is 0 Å². The summed E-state index contributed by atoms with van der Waals surface area (Å²) in [5, 5.41) is 14.4. The molecule has 0 aromatic carbocycles. The third-order valence-corrected chi connectivity index (χ3v) is 2.42. The Morgan fingerprint density at radius 1 is 1.60 bits per heavy atom. The zero-order valence-electron chi connectivity index (χ0n) is 7.52. The average Bonchev–Trinajstić information content (AvgIpc) is 2.69. The number of aromatic amines is 1. The first-order valence-corrected chi connectivity index (χ1v) is 4.98. The van der Waals surface area contributed by atoms with E-state index in [1.54, 1.807) is 0 Å². The lowest BCUT2D eigenvalue weighted by Gasteiger charge is -2.00. The quantitative estimate of drug-likeness (QED) is 0.799. The molecule has 0 saturated carbocycles. The Bertz CT molecular complexity index is 552. The molecule has 0 radical (unpaired) electrons. The van der Waals surface area contributed by atoms with Gasteiger partial charge in [0.2, 0.25) is 0 Å². The second-order valence-corrected chi connectivity index (χ2v) is 3.65. The zero-order chi connectivity index (χ0) is 10.7. The molecule has 0 atom stereocenters. The van der Waals surface area contributed by atoms with Gasteiger partial charge in [-0.1, -0.05) is 0 Å². The number of hydrogen-bond donors (Lipinski definition) is 2. The van der Waals surface area contributed by atoms with Gasteiger partial charge < -0.3 is 5.32 Å². The third-order valence-electron chi connectivity index (χ3n) is 1.64. The Kier molecular flexibility index (Phi) is 2.48. The average molecular weight is 218 g/mol. The van der Waals surface area contributed by atoms with E-state index in [-0.39, 0.29) is 5.69 Å². The van der Waals surface area contributed by atoms with E-state index in [4.69, 9.17) is 5.26 Å². The molecule has 2 aromatic heterocycles. The number of H-pyrrole nitrogens is 1. The maximum Gasteiger partial charge on any atom is 0.347 e. The molecule has 0 spiro atoms. The molecule has 2 rings (SSSR count). The number of aromatic nitrogens is 2. The Morgan fingerprint density at radius 2 is 2.47 bits per heavy atom. The summed E-state index contributed by atoms with van der Waals surface area (Å²) in [5.74, 6) is 0.373. The second-order valence-electron chi connectivity index (χ2n) is 2.70. The van der Waals surface area contributed by atoms with Gasteiger partial charge in [0.05, 0.1) is 5.00 Å². The summed E-state index contributed by atoms with van der Waals surface area (Å²) in [6.45, 7) is 0. The molecule has 2 aromatic rings. The molecule has 2 heterocycles. The van der Waals surface area contributed by atoms with E-state index >= 15 is 0 Å². The molecule has 0 amide bonds. The summed E-state index contributed by atoms with van der Waals surface area (Å²) in [6, 6.07) is 7.08. The van der Waals surface area contributed by atoms with Crippen LogP contribution in [-0.2, 0) is 0 Å². The van der Waals surface area contributed by atoms with Crippen molar-refractivity contribution in [1.29, 1.82) is 5.26 Å². The lowest BCUT2D eigenvalue weighted by molar-refractivity contribution is 1.06. The van der Waals surface area contributed by atoms with Gasteiger partial charge in [0, 0.05) is 6.07 Å². The third kappa shape index (κ3) is 2.21. The van der Waals surface area contributed by atoms with Gasteiger partial charge in [-0.3, -0.25) is 4.98 Å². The summed E-state index contributed by atoms with van der Waals surface area (Å²) in [6.07, 6.45) is 0. The van der Waals surface area contributed by atoms with E-state index in [2.05, 4.69) is 15.3 Å². The van der Waals surface area contributed by atoms with Gasteiger partial charge in [0.15, 0.2) is 0 Å². The van der Waals surface area contributed by atoms with E-state index < -0.39 is 5.69 Å². The number of anilines is 2. The monoisotopic (exact) mass is 218 g/mol. The van der Waals surface area contributed by atoms with E-state index in [0.29, 0.717) is 5.82 Å². The van der Waals surface area contributed by atoms with Crippen LogP contribution in [0.3, 0.4) is 0 Å². The normalized spacial score (nSPS) is 9.53. The van der Waals surface area contributed by atoms with E-state index in [1.807, 2.05) is 23.6 Å². The predicted octanol–water partition coefficient (Wildman–Crippen LogP) is 1.45. The van der Waals surface area contributed by atoms with Crippen molar-refractivity contribution in [1.82, 2.24) is 9.97 Å². The van der Waals surface area contributed by atoms with Crippen molar-refractivity contribution in [2.24, 2.45) is 0 Å². The molecule has 0 unspecified atom stereocenters. The molecule has 0 fully saturated rings. The molecule has 0 aliphatic heterocycles. The summed E-state index contributed by atoms with van der Waals surface area (Å²) < 4.78 is 0. The van der Waals surface area contributed by atoms with Crippen LogP contribution < -0.4 is 11.0 Å². The van der Waals surface area contributed by atoms with Crippen molar-refractivity contribution in [3.05, 3.63) is 39.8 Å². The predicted molar refractivity (Wildman–Crippen MR) is 57.2 cm³/mol. The van der Waals surface area contributed by atoms with Gasteiger partial charge in [-0.2, -0.15) is 10.2 Å². The van der Waals surface area contributed by atoms with Gasteiger partial charge in [-0.05, 0) is 17.5 Å². The van der Waals surface area contributed by atoms with Crippen LogP contribution in [0.2, 0.25) is 0 Å². The Morgan fingerprint density at radius 3 is 3.13 bits per heavy atom. The number of rotatable bonds is 2. The minimum Gasteiger partial charge on any atom is -0.332 e. The first kappa shape index (κ1) is 9.43. The molecule has 0 aliphatic carbocycles. The van der Waals surface area contributed by atoms with Crippen LogP contribution in [0, 0.1) is 11.3 Å². The summed E-state index contributed by atoms with van der Waals surface area (Å²) >= 11 is 1.49. The highest BCUT2D eigenvalue weighted by Crippen LogP contribution is 2.19. The van der Waals surface area contributed by atoms with Crippen molar-refractivity contribution < 1.29 is 0 Å². The zero-order valence-corrected chi connectivity index (χ0v) is 8.34. The molecule has 0 aliphatic rings. The lowest BCUT2D eigenvalue weighted by atomic mass is 10.4. The van der Waals surface area contributed by atoms with E-state index in [9.17, 15) is 4.79 Å². The van der Waals surface area contributed by atoms with Crippen molar-refractivity contribution in [3.8, 4) is 6.07 Å². The molecule has 6 heteroatoms. The second kappa shape index (κ2) is 3.94. The largest absolute Gasteiger partial charge is 0.347 e. The lowest BCUT2D eigenvalue weighted by Crippen LogP contribution is -2.13. The topological polar surface area (TPSA) is 81.6 Å². The molecule has 5 nitrogen and oxygen atoms in total. The van der Waals surface area contributed by atoms with E-state index in [0.717, 1.165) is 5.00 Å². The molecular formula is C9H6N4OS. The van der Waals surface area contributed by atoms with Crippen molar-refractivity contribution in [3.63, 3.8) is 0 Å². The van der Waals surface area contributed by atoms with E-state index in [1.165, 1.54) is 17.4 Å². The number of thiophene rings is 1. The van der Waals surface area contributed by atoms with Crippen LogP contribution in [0.15, 0.2) is 28.4 Å². The SMILES string of the molecule is N#Cc1cc(Nc2cccs2)nc(=O)[nH]1. The Balaban J connectivity index is 2.34. The summed E-state index contributed by atoms with van der Waals surface area (Å²) in [4.78, 5) is 17.0. The van der Waals surface area contributed by atoms with Gasteiger partial charge in [-0.25, -0.2) is 4.79 Å². The van der Waals surface area contributed by atoms with Crippen molar-refractivity contribution >= 4 is 22.2 Å². The molecule has 0 bridgehead atoms. The number of nitrogens with zero attached hydrogens (tertiary/aromatic N) is 2. The minimum atomic E-state index is -0.534. The van der Waals surface area contributed by atoms with Gasteiger partial charge in [-0.15, -0.1) is 11.3 Å². The first-order chi connectivity index (χ1) is 7.28. The molecule has 2 N–H and O–H groups in total. The molecule has 0 saturated heterocycles. The smallest absolute Gasteiger partial charge is 0.332 e. The van der Waals surface area contributed by atoms with Crippen molar-refractivity contribution in [2.75, 3.05) is 5.32 Å². The van der Waals surface area contributed by atoms with Crippen LogP contribution in [0.1, 0.15) is 5.69 Å². The highest BCUT2D eigenvalue weighted by atomic mass is 32.1. The number of nitrogens with one attached hydrogen (secondary N) is 2. The molecular weight excluding hydrogens is 212 g/mol. The van der Waals surface area contributed by atoms with Crippen LogP contribution >= 0.6 is 11.3 Å². The summed E-state index contributed by atoms with van der Waals surface area (Å²) in [7, 11) is 0. The standard InChI is InChI=1S/C9H6N4OS/c10-5-6-4-7(13-9(14)11-6)12-8-2-1-3-15-8/h1-4H,(H2,11,12,13,14). The van der Waals surface area contributed by atoms with Crippen LogP contribution in [0.5, 0.6) is 0 Å². The maximum absolute atomic E-state index is 11.0. The minimum absolute atomic E-state index is 0.189. The Hall–Kier alpha value is -2.13. The molecule has 74 valence electrons. The number of hydrogen-bond acceptors (Lipinski definition) is 5.